The number of halogens is 1. The molecule has 1 aromatic carbocycles. The van der Waals surface area contributed by atoms with E-state index in [0.717, 1.165) is 10.7 Å². The molecule has 2 aromatic heterocycles. The van der Waals surface area contributed by atoms with Gasteiger partial charge in [-0.2, -0.15) is 0 Å². The average Bonchev–Trinajstić information content (AvgIpc) is 3.31. The van der Waals surface area contributed by atoms with Crippen LogP contribution in [0.15, 0.2) is 23.4 Å². The van der Waals surface area contributed by atoms with Crippen LogP contribution in [-0.2, 0) is 4.74 Å². The minimum Gasteiger partial charge on any atom is -0.394 e. The van der Waals surface area contributed by atoms with Crippen molar-refractivity contribution in [2.24, 2.45) is 0 Å². The quantitative estimate of drug-likeness (QED) is 0.230. The molecular formula is C24H31FN6O4S. The first kappa shape index (κ1) is 17.2. The molecule has 2 aliphatic carbocycles. The first-order valence-corrected chi connectivity index (χ1v) is 12.2. The predicted octanol–water partition coefficient (Wildman–Crippen LogP) is 2.18. The fourth-order valence-corrected chi connectivity index (χ4v) is 4.59. The van der Waals surface area contributed by atoms with E-state index in [-0.39, 0.29) is 46.1 Å². The third kappa shape index (κ3) is 4.92. The molecule has 10 nitrogen and oxygen atoms in total. The molecule has 2 saturated carbocycles. The maximum Gasteiger partial charge on any atom is 0.191 e. The van der Waals surface area contributed by atoms with E-state index in [2.05, 4.69) is 25.6 Å². The fraction of sp³-hybridized carbons (Fsp3) is 0.583. The molecule has 5 rings (SSSR count). The number of aromatic nitrogens is 5. The number of benzene rings is 1. The van der Waals surface area contributed by atoms with Crippen LogP contribution >= 0.6 is 11.8 Å². The third-order valence-electron chi connectivity index (χ3n) is 5.96. The number of thioether (sulfide) groups is 1. The number of anilines is 1. The van der Waals surface area contributed by atoms with E-state index in [1.54, 1.807) is 6.92 Å². The average molecular weight is 527 g/mol. The van der Waals surface area contributed by atoms with E-state index in [1.807, 2.05) is 0 Å². The minimum atomic E-state index is -2.57. The monoisotopic (exact) mass is 526 g/mol. The molecule has 12 heteroatoms. The van der Waals surface area contributed by atoms with Gasteiger partial charge in [-0.1, -0.05) is 36.0 Å². The van der Waals surface area contributed by atoms with Gasteiger partial charge in [0.1, 0.15) is 18.0 Å². The van der Waals surface area contributed by atoms with Gasteiger partial charge < -0.3 is 25.4 Å². The highest BCUT2D eigenvalue weighted by molar-refractivity contribution is 7.99. The number of hydrogen-bond donors (Lipinski definition) is 4. The van der Waals surface area contributed by atoms with E-state index in [4.69, 9.17) is 15.7 Å². The zero-order valence-corrected chi connectivity index (χ0v) is 20.3. The Hall–Kier alpha value is -2.38. The molecule has 36 heavy (non-hydrogen) atoms. The van der Waals surface area contributed by atoms with Crippen LogP contribution < -0.4 is 5.32 Å². The summed E-state index contributed by atoms with van der Waals surface area (Å²) >= 11 is 0.625. The second-order valence-electron chi connectivity index (χ2n) is 8.37. The molecule has 6 atom stereocenters. The van der Waals surface area contributed by atoms with Crippen LogP contribution in [0, 0.1) is 12.7 Å². The van der Waals surface area contributed by atoms with Crippen LogP contribution in [0.2, 0.25) is 0 Å². The Bertz CT molecular complexity index is 1590. The van der Waals surface area contributed by atoms with Crippen molar-refractivity contribution < 1.29 is 35.4 Å². The summed E-state index contributed by atoms with van der Waals surface area (Å²) in [6.45, 7) is -0.393. The fourth-order valence-electron chi connectivity index (χ4n) is 4.04. The van der Waals surface area contributed by atoms with Crippen LogP contribution in [0.1, 0.15) is 60.2 Å². The van der Waals surface area contributed by atoms with E-state index in [9.17, 15) is 19.7 Å². The van der Waals surface area contributed by atoms with Crippen molar-refractivity contribution in [1.29, 1.82) is 0 Å². The Morgan fingerprint density at radius 2 is 2.19 bits per heavy atom. The van der Waals surface area contributed by atoms with Crippen molar-refractivity contribution in [3.05, 3.63) is 35.1 Å². The van der Waals surface area contributed by atoms with E-state index in [0.29, 0.717) is 11.8 Å². The molecule has 0 spiro atoms. The van der Waals surface area contributed by atoms with Crippen LogP contribution in [0.25, 0.3) is 11.2 Å². The topological polar surface area (TPSA) is 138 Å². The van der Waals surface area contributed by atoms with Gasteiger partial charge in [0.25, 0.3) is 0 Å². The lowest BCUT2D eigenvalue weighted by Gasteiger charge is -2.17. The van der Waals surface area contributed by atoms with E-state index in [1.165, 1.54) is 19.1 Å². The first-order chi connectivity index (χ1) is 20.3. The molecule has 0 saturated heterocycles. The van der Waals surface area contributed by atoms with Gasteiger partial charge in [-0.15, -0.1) is 5.10 Å². The summed E-state index contributed by atoms with van der Waals surface area (Å²) in [7, 11) is 0. The Morgan fingerprint density at radius 3 is 2.94 bits per heavy atom. The van der Waals surface area contributed by atoms with Gasteiger partial charge in [0, 0.05) is 30.9 Å². The number of nitrogens with one attached hydrogen (secondary N) is 1. The number of aliphatic hydroxyl groups is 3. The summed E-state index contributed by atoms with van der Waals surface area (Å²) < 4.78 is 87.5. The lowest BCUT2D eigenvalue weighted by atomic mass is 10.1. The largest absolute Gasteiger partial charge is 0.394 e. The molecule has 3 aromatic rings. The lowest BCUT2D eigenvalue weighted by molar-refractivity contribution is -0.0629. The molecule has 0 radical (unpaired) electrons. The van der Waals surface area contributed by atoms with Crippen molar-refractivity contribution in [3.8, 4) is 0 Å². The van der Waals surface area contributed by atoms with Crippen molar-refractivity contribution in [2.75, 3.05) is 24.2 Å². The summed E-state index contributed by atoms with van der Waals surface area (Å²) in [6, 6.07) is 0.258. The summed E-state index contributed by atoms with van der Waals surface area (Å²) in [6.07, 6.45) is -7.10. The molecule has 0 unspecified atom stereocenters. The molecule has 2 aliphatic rings. The van der Waals surface area contributed by atoms with Crippen molar-refractivity contribution in [3.63, 3.8) is 0 Å². The van der Waals surface area contributed by atoms with Gasteiger partial charge in [-0.3, -0.25) is 0 Å². The Labute approximate surface area is 223 Å². The number of rotatable bonds is 10. The Morgan fingerprint density at radius 1 is 1.36 bits per heavy atom. The standard InChI is InChI=1S/C24H31FN6O4S/c1-3-8-36-24-27-22(26-16-10-14(16)13-5-4-12(2)15(25)9-13)19-23(28-24)31(30-29-19)17-11-18(35-7-6-32)21(34)20(17)33/h4-5,9,14,16-18,20-21,32-34H,3,6-8,10-11H2,1-2H3,(H,26,27,28)/t14-,16+,17+,18-,20-,21+/m0/s1/i7D2,8D2,10D2,14D,16D. The molecule has 0 bridgehead atoms. The van der Waals surface area contributed by atoms with Crippen LogP contribution in [-0.4, -0.2) is 83.5 Å². The van der Waals surface area contributed by atoms with E-state index >= 15 is 0 Å². The van der Waals surface area contributed by atoms with Gasteiger partial charge in [-0.25, -0.2) is 19.0 Å². The number of ether oxygens (including phenoxy) is 1. The summed E-state index contributed by atoms with van der Waals surface area (Å²) in [4.78, 5) is 8.65. The highest BCUT2D eigenvalue weighted by atomic mass is 32.2. The maximum absolute atomic E-state index is 14.4. The summed E-state index contributed by atoms with van der Waals surface area (Å²) in [5.41, 5.74) is -1.89. The third-order valence-corrected chi connectivity index (χ3v) is 6.76. The van der Waals surface area contributed by atoms with Gasteiger partial charge in [0.05, 0.1) is 29.4 Å². The second-order valence-corrected chi connectivity index (χ2v) is 9.23. The molecular weight excluding hydrogens is 487 g/mol. The van der Waals surface area contributed by atoms with Crippen LogP contribution in [0.4, 0.5) is 10.2 Å². The van der Waals surface area contributed by atoms with Crippen molar-refractivity contribution in [1.82, 2.24) is 25.0 Å². The molecule has 2 heterocycles. The highest BCUT2D eigenvalue weighted by Crippen LogP contribution is 2.44. The number of hydrogen-bond acceptors (Lipinski definition) is 10. The molecule has 194 valence electrons. The highest BCUT2D eigenvalue weighted by Gasteiger charge is 2.45. The predicted molar refractivity (Wildman–Crippen MR) is 133 cm³/mol. The normalized spacial score (nSPS) is 37.2. The van der Waals surface area contributed by atoms with Crippen LogP contribution in [0.3, 0.4) is 0 Å². The number of aryl methyl sites for hydroxylation is 1. The van der Waals surface area contributed by atoms with Crippen LogP contribution in [0.5, 0.6) is 0 Å². The second kappa shape index (κ2) is 10.5. The Kier molecular flexibility index (Phi) is 5.03. The minimum absolute atomic E-state index is 0.0541. The smallest absolute Gasteiger partial charge is 0.191 e. The van der Waals surface area contributed by atoms with Gasteiger partial charge in [-0.05, 0) is 36.9 Å². The first-order valence-electron chi connectivity index (χ1n) is 15.3. The molecule has 0 aliphatic heterocycles. The van der Waals surface area contributed by atoms with Crippen molar-refractivity contribution >= 4 is 28.7 Å². The molecule has 4 N–H and O–H groups in total. The number of fused-ring (bicyclic) bond motifs is 1. The molecule has 2 fully saturated rings. The SMILES string of the molecule is [2H]C([2H])(CO)O[C@H]1C[C@@H](n2nnc3c(N[C@]4([2H])C([2H])([2H])[C@@]4([2H])c4ccc(C)c(F)c4)nc(SC([2H])([2H])CC)nc32)[C@H](O)[C@@H]1O. The van der Waals surface area contributed by atoms with Gasteiger partial charge >= 0.3 is 0 Å². The Balaban J connectivity index is 1.58. The number of aliphatic hydroxyl groups excluding tert-OH is 3. The summed E-state index contributed by atoms with van der Waals surface area (Å²) in [5.74, 6) is -3.23. The zero-order chi connectivity index (χ0) is 32.6. The van der Waals surface area contributed by atoms with Gasteiger partial charge in [0.15, 0.2) is 22.1 Å². The van der Waals surface area contributed by atoms with Crippen molar-refractivity contribution in [2.45, 2.75) is 74.5 Å². The lowest BCUT2D eigenvalue weighted by Crippen LogP contribution is -2.33. The maximum atomic E-state index is 14.4. The zero-order valence-electron chi connectivity index (χ0n) is 27.4. The number of nitrogens with zero attached hydrogens (tertiary/aromatic N) is 5. The van der Waals surface area contributed by atoms with Gasteiger partial charge in [0.2, 0.25) is 0 Å². The van der Waals surface area contributed by atoms with E-state index < -0.39 is 67.3 Å². The summed E-state index contributed by atoms with van der Waals surface area (Å²) in [5, 5.41) is 41.2. The molecule has 0 amide bonds.